The first kappa shape index (κ1) is 17.1. The number of rotatable bonds is 8. The van der Waals surface area contributed by atoms with Gasteiger partial charge in [-0.3, -0.25) is 0 Å². The van der Waals surface area contributed by atoms with E-state index in [4.69, 9.17) is 14.2 Å². The SMILES string of the molecule is CCOc1ccc(S(=O)(=O)NC[C@@H]2CCCO2)cc1OCC. The highest BCUT2D eigenvalue weighted by atomic mass is 32.2. The maximum Gasteiger partial charge on any atom is 0.240 e. The third kappa shape index (κ3) is 4.34. The van der Waals surface area contributed by atoms with Gasteiger partial charge in [0.05, 0.1) is 24.2 Å². The predicted octanol–water partition coefficient (Wildman–Crippen LogP) is 1.94. The van der Waals surface area contributed by atoms with E-state index in [0.717, 1.165) is 12.8 Å². The largest absolute Gasteiger partial charge is 0.490 e. The van der Waals surface area contributed by atoms with Crippen molar-refractivity contribution in [1.29, 1.82) is 0 Å². The normalized spacial score (nSPS) is 18.4. The molecule has 1 aromatic carbocycles. The fourth-order valence-corrected chi connectivity index (χ4v) is 3.37. The van der Waals surface area contributed by atoms with Crippen molar-refractivity contribution in [3.63, 3.8) is 0 Å². The van der Waals surface area contributed by atoms with Crippen LogP contribution in [0.3, 0.4) is 0 Å². The van der Waals surface area contributed by atoms with E-state index in [1.165, 1.54) is 12.1 Å². The number of nitrogens with one attached hydrogen (secondary N) is 1. The first-order valence-corrected chi connectivity index (χ1v) is 9.06. The zero-order valence-electron chi connectivity index (χ0n) is 13.0. The minimum absolute atomic E-state index is 0.0381. The Kier molecular flexibility index (Phi) is 6.05. The molecule has 1 aliphatic heterocycles. The zero-order valence-corrected chi connectivity index (χ0v) is 13.8. The molecular formula is C15H23NO5S. The van der Waals surface area contributed by atoms with E-state index in [1.807, 2.05) is 13.8 Å². The van der Waals surface area contributed by atoms with Crippen LogP contribution in [-0.2, 0) is 14.8 Å². The summed E-state index contributed by atoms with van der Waals surface area (Å²) < 4.78 is 43.6. The van der Waals surface area contributed by atoms with Gasteiger partial charge in [-0.05, 0) is 38.8 Å². The minimum atomic E-state index is -3.59. The van der Waals surface area contributed by atoms with Gasteiger partial charge in [-0.25, -0.2) is 13.1 Å². The average molecular weight is 329 g/mol. The van der Waals surface area contributed by atoms with Gasteiger partial charge in [0.15, 0.2) is 11.5 Å². The van der Waals surface area contributed by atoms with Crippen LogP contribution in [0, 0.1) is 0 Å². The van der Waals surface area contributed by atoms with Crippen molar-refractivity contribution in [3.8, 4) is 11.5 Å². The van der Waals surface area contributed by atoms with Crippen LogP contribution < -0.4 is 14.2 Å². The van der Waals surface area contributed by atoms with Crippen molar-refractivity contribution < 1.29 is 22.6 Å². The maximum atomic E-state index is 12.4. The molecule has 0 aromatic heterocycles. The summed E-state index contributed by atoms with van der Waals surface area (Å²) in [6.45, 7) is 5.62. The summed E-state index contributed by atoms with van der Waals surface area (Å²) >= 11 is 0. The molecule has 0 unspecified atom stereocenters. The molecule has 1 N–H and O–H groups in total. The van der Waals surface area contributed by atoms with Crippen LogP contribution in [0.2, 0.25) is 0 Å². The molecule has 0 radical (unpaired) electrons. The summed E-state index contributed by atoms with van der Waals surface area (Å²) in [7, 11) is -3.59. The highest BCUT2D eigenvalue weighted by Gasteiger charge is 2.21. The van der Waals surface area contributed by atoms with E-state index in [1.54, 1.807) is 6.07 Å². The van der Waals surface area contributed by atoms with E-state index < -0.39 is 10.0 Å². The highest BCUT2D eigenvalue weighted by Crippen LogP contribution is 2.30. The lowest BCUT2D eigenvalue weighted by Gasteiger charge is -2.14. The third-order valence-electron chi connectivity index (χ3n) is 3.35. The maximum absolute atomic E-state index is 12.4. The molecule has 0 bridgehead atoms. The van der Waals surface area contributed by atoms with Crippen LogP contribution >= 0.6 is 0 Å². The minimum Gasteiger partial charge on any atom is -0.490 e. The quantitative estimate of drug-likeness (QED) is 0.789. The summed E-state index contributed by atoms with van der Waals surface area (Å²) in [5.74, 6) is 0.978. The van der Waals surface area contributed by atoms with Gasteiger partial charge in [-0.2, -0.15) is 0 Å². The Balaban J connectivity index is 2.13. The standard InChI is InChI=1S/C15H23NO5S/c1-3-19-14-8-7-13(10-15(14)20-4-2)22(17,18)16-11-12-6-5-9-21-12/h7-8,10,12,16H,3-6,9,11H2,1-2H3/t12-/m0/s1. The summed E-state index contributed by atoms with van der Waals surface area (Å²) in [6.07, 6.45) is 1.82. The van der Waals surface area contributed by atoms with Crippen LogP contribution in [0.4, 0.5) is 0 Å². The first-order chi connectivity index (χ1) is 10.6. The van der Waals surface area contributed by atoms with Gasteiger partial charge in [0.2, 0.25) is 10.0 Å². The van der Waals surface area contributed by atoms with Crippen molar-refractivity contribution in [2.75, 3.05) is 26.4 Å². The lowest BCUT2D eigenvalue weighted by molar-refractivity contribution is 0.114. The second kappa shape index (κ2) is 7.80. The van der Waals surface area contributed by atoms with Crippen LogP contribution in [-0.4, -0.2) is 40.9 Å². The number of ether oxygens (including phenoxy) is 3. The Bertz CT molecular complexity index is 582. The van der Waals surface area contributed by atoms with Gasteiger partial charge >= 0.3 is 0 Å². The molecule has 1 heterocycles. The van der Waals surface area contributed by atoms with Gasteiger partial charge in [0, 0.05) is 19.2 Å². The molecular weight excluding hydrogens is 306 g/mol. The monoisotopic (exact) mass is 329 g/mol. The lowest BCUT2D eigenvalue weighted by atomic mass is 10.2. The molecule has 0 amide bonds. The summed E-state index contributed by atoms with van der Waals surface area (Å²) in [4.78, 5) is 0.164. The first-order valence-electron chi connectivity index (χ1n) is 7.57. The van der Waals surface area contributed by atoms with Crippen molar-refractivity contribution in [2.24, 2.45) is 0 Å². The summed E-state index contributed by atoms with van der Waals surface area (Å²) in [5.41, 5.74) is 0. The van der Waals surface area contributed by atoms with Crippen molar-refractivity contribution in [2.45, 2.75) is 37.7 Å². The fraction of sp³-hybridized carbons (Fsp3) is 0.600. The molecule has 2 rings (SSSR count). The van der Waals surface area contributed by atoms with Gasteiger partial charge < -0.3 is 14.2 Å². The summed E-state index contributed by atoms with van der Waals surface area (Å²) in [6, 6.07) is 4.63. The Morgan fingerprint density at radius 1 is 1.23 bits per heavy atom. The van der Waals surface area contributed by atoms with Gasteiger partial charge in [-0.1, -0.05) is 0 Å². The molecule has 1 aromatic rings. The van der Waals surface area contributed by atoms with Crippen molar-refractivity contribution in [3.05, 3.63) is 18.2 Å². The van der Waals surface area contributed by atoms with E-state index in [-0.39, 0.29) is 11.0 Å². The predicted molar refractivity (Wildman–Crippen MR) is 82.9 cm³/mol. The Labute approximate surface area is 131 Å². The van der Waals surface area contributed by atoms with E-state index >= 15 is 0 Å². The second-order valence-electron chi connectivity index (χ2n) is 4.96. The Hall–Kier alpha value is -1.31. The molecule has 0 saturated carbocycles. The number of hydrogen-bond acceptors (Lipinski definition) is 5. The number of hydrogen-bond donors (Lipinski definition) is 1. The van der Waals surface area contributed by atoms with Crippen LogP contribution in [0.25, 0.3) is 0 Å². The molecule has 1 fully saturated rings. The second-order valence-corrected chi connectivity index (χ2v) is 6.73. The fourth-order valence-electron chi connectivity index (χ4n) is 2.29. The molecule has 124 valence electrons. The number of sulfonamides is 1. The van der Waals surface area contributed by atoms with Crippen LogP contribution in [0.15, 0.2) is 23.1 Å². The third-order valence-corrected chi connectivity index (χ3v) is 4.77. The molecule has 0 spiro atoms. The van der Waals surface area contributed by atoms with Gasteiger partial charge in [0.25, 0.3) is 0 Å². The lowest BCUT2D eigenvalue weighted by Crippen LogP contribution is -2.31. The zero-order chi connectivity index (χ0) is 16.0. The van der Waals surface area contributed by atoms with Crippen LogP contribution in [0.1, 0.15) is 26.7 Å². The van der Waals surface area contributed by atoms with Crippen molar-refractivity contribution >= 4 is 10.0 Å². The van der Waals surface area contributed by atoms with Crippen molar-refractivity contribution in [1.82, 2.24) is 4.72 Å². The van der Waals surface area contributed by atoms with Crippen LogP contribution in [0.5, 0.6) is 11.5 Å². The molecule has 22 heavy (non-hydrogen) atoms. The molecule has 1 aliphatic rings. The number of benzene rings is 1. The van der Waals surface area contributed by atoms with E-state index in [9.17, 15) is 8.42 Å². The Morgan fingerprint density at radius 2 is 1.95 bits per heavy atom. The topological polar surface area (TPSA) is 73.9 Å². The van der Waals surface area contributed by atoms with Gasteiger partial charge in [-0.15, -0.1) is 0 Å². The molecule has 6 nitrogen and oxygen atoms in total. The molecule has 1 saturated heterocycles. The van der Waals surface area contributed by atoms with E-state index in [0.29, 0.717) is 37.9 Å². The average Bonchev–Trinajstić information content (AvgIpc) is 3.01. The van der Waals surface area contributed by atoms with E-state index in [2.05, 4.69) is 4.72 Å². The highest BCUT2D eigenvalue weighted by molar-refractivity contribution is 7.89. The summed E-state index contributed by atoms with van der Waals surface area (Å²) in [5, 5.41) is 0. The Morgan fingerprint density at radius 3 is 2.59 bits per heavy atom. The smallest absolute Gasteiger partial charge is 0.240 e. The molecule has 1 atom stereocenters. The molecule has 7 heteroatoms. The molecule has 0 aliphatic carbocycles. The van der Waals surface area contributed by atoms with Gasteiger partial charge in [0.1, 0.15) is 0 Å².